The second kappa shape index (κ2) is 6.61. The van der Waals surface area contributed by atoms with Gasteiger partial charge in [-0.05, 0) is 30.5 Å². The maximum Gasteiger partial charge on any atom is 0.250 e. The van der Waals surface area contributed by atoms with Gasteiger partial charge >= 0.3 is 0 Å². The second-order valence-electron chi connectivity index (χ2n) is 4.90. The number of thiophene rings is 1. The highest BCUT2D eigenvalue weighted by Gasteiger charge is 2.14. The van der Waals surface area contributed by atoms with E-state index in [1.807, 2.05) is 31.2 Å². The molecular weight excluding hydrogens is 332 g/mol. The lowest BCUT2D eigenvalue weighted by atomic mass is 10.3. The summed E-state index contributed by atoms with van der Waals surface area (Å²) in [6.07, 6.45) is 0. The van der Waals surface area contributed by atoms with Crippen molar-refractivity contribution in [3.63, 3.8) is 0 Å². The molecule has 0 unspecified atom stereocenters. The summed E-state index contributed by atoms with van der Waals surface area (Å²) in [6.45, 7) is 2.57. The molecule has 23 heavy (non-hydrogen) atoms. The summed E-state index contributed by atoms with van der Waals surface area (Å²) in [5, 5.41) is 4.86. The number of para-hydroxylation sites is 2. The summed E-state index contributed by atoms with van der Waals surface area (Å²) in [7, 11) is -3.42. The van der Waals surface area contributed by atoms with Gasteiger partial charge in [0.2, 0.25) is 10.0 Å². The Bertz CT molecular complexity index is 908. The minimum absolute atomic E-state index is 0.272. The molecule has 0 fully saturated rings. The van der Waals surface area contributed by atoms with Gasteiger partial charge < -0.3 is 5.32 Å². The average molecular weight is 348 g/mol. The molecular formula is C15H16N4O2S2. The number of hydrogen-bond acceptors (Lipinski definition) is 6. The predicted molar refractivity (Wildman–Crippen MR) is 92.3 cm³/mol. The molecule has 2 N–H and O–H groups in total. The molecule has 0 amide bonds. The molecule has 120 valence electrons. The number of rotatable bonds is 6. The first-order chi connectivity index (χ1) is 11.1. The Labute approximate surface area is 138 Å². The van der Waals surface area contributed by atoms with E-state index in [0.29, 0.717) is 16.6 Å². The number of aryl methyl sites for hydroxylation is 1. The molecule has 0 saturated heterocycles. The molecule has 3 aromatic rings. The second-order valence-corrected chi connectivity index (χ2v) is 7.84. The summed E-state index contributed by atoms with van der Waals surface area (Å²) >= 11 is 1.19. The van der Waals surface area contributed by atoms with Crippen LogP contribution in [-0.4, -0.2) is 31.5 Å². The van der Waals surface area contributed by atoms with Crippen molar-refractivity contribution >= 4 is 38.2 Å². The highest BCUT2D eigenvalue weighted by atomic mass is 32.2. The van der Waals surface area contributed by atoms with E-state index >= 15 is 0 Å². The Balaban J connectivity index is 1.62. The Kier molecular flexibility index (Phi) is 4.56. The standard InChI is InChI=1S/C15H16N4O2S2/c1-11-15(19-13-6-3-2-5-12(13)18-11)16-8-9-17-23(20,21)14-7-4-10-22-14/h2-7,10,17H,8-9H2,1H3,(H,16,19). The van der Waals surface area contributed by atoms with Crippen LogP contribution in [0.5, 0.6) is 0 Å². The Hall–Kier alpha value is -2.03. The highest BCUT2D eigenvalue weighted by Crippen LogP contribution is 2.16. The molecule has 0 bridgehead atoms. The van der Waals surface area contributed by atoms with E-state index in [1.54, 1.807) is 17.5 Å². The van der Waals surface area contributed by atoms with E-state index in [0.717, 1.165) is 16.7 Å². The summed E-state index contributed by atoms with van der Waals surface area (Å²) in [6, 6.07) is 10.9. The number of benzene rings is 1. The smallest absolute Gasteiger partial charge is 0.250 e. The van der Waals surface area contributed by atoms with Crippen LogP contribution in [0.3, 0.4) is 0 Å². The first-order valence-electron chi connectivity index (χ1n) is 7.07. The van der Waals surface area contributed by atoms with Crippen LogP contribution < -0.4 is 10.0 Å². The number of anilines is 1. The topological polar surface area (TPSA) is 84.0 Å². The summed E-state index contributed by atoms with van der Waals surface area (Å²) in [5.41, 5.74) is 2.43. The molecule has 6 nitrogen and oxygen atoms in total. The third kappa shape index (κ3) is 3.66. The van der Waals surface area contributed by atoms with E-state index in [1.165, 1.54) is 11.3 Å². The molecule has 1 aromatic carbocycles. The van der Waals surface area contributed by atoms with E-state index in [4.69, 9.17) is 0 Å². The van der Waals surface area contributed by atoms with Gasteiger partial charge in [-0.2, -0.15) is 0 Å². The number of hydrogen-bond donors (Lipinski definition) is 2. The first kappa shape index (κ1) is 15.9. The van der Waals surface area contributed by atoms with Crippen molar-refractivity contribution in [3.8, 4) is 0 Å². The van der Waals surface area contributed by atoms with Gasteiger partial charge in [-0.25, -0.2) is 23.1 Å². The molecule has 0 aliphatic rings. The van der Waals surface area contributed by atoms with Crippen LogP contribution in [0, 0.1) is 6.92 Å². The maximum atomic E-state index is 12.0. The van der Waals surface area contributed by atoms with Crippen LogP contribution in [-0.2, 0) is 10.0 Å². The van der Waals surface area contributed by atoms with Crippen LogP contribution in [0.4, 0.5) is 5.82 Å². The van der Waals surface area contributed by atoms with Gasteiger partial charge in [-0.15, -0.1) is 11.3 Å². The molecule has 0 spiro atoms. The summed E-state index contributed by atoms with van der Waals surface area (Å²) in [5.74, 6) is 0.666. The van der Waals surface area contributed by atoms with Gasteiger partial charge in [-0.1, -0.05) is 18.2 Å². The van der Waals surface area contributed by atoms with Gasteiger partial charge in [0.1, 0.15) is 10.0 Å². The van der Waals surface area contributed by atoms with Crippen molar-refractivity contribution in [3.05, 3.63) is 47.5 Å². The Morgan fingerprint density at radius 3 is 2.48 bits per heavy atom. The van der Waals surface area contributed by atoms with Crippen LogP contribution in [0.15, 0.2) is 46.0 Å². The Morgan fingerprint density at radius 1 is 1.04 bits per heavy atom. The van der Waals surface area contributed by atoms with E-state index in [9.17, 15) is 8.42 Å². The molecule has 2 aromatic heterocycles. The van der Waals surface area contributed by atoms with Gasteiger partial charge in [0.25, 0.3) is 0 Å². The normalized spacial score (nSPS) is 11.7. The van der Waals surface area contributed by atoms with E-state index < -0.39 is 10.0 Å². The fourth-order valence-electron chi connectivity index (χ4n) is 2.11. The molecule has 0 saturated carbocycles. The van der Waals surface area contributed by atoms with Gasteiger partial charge in [0, 0.05) is 13.1 Å². The van der Waals surface area contributed by atoms with Crippen LogP contribution in [0.2, 0.25) is 0 Å². The van der Waals surface area contributed by atoms with Crippen molar-refractivity contribution in [1.82, 2.24) is 14.7 Å². The molecule has 3 rings (SSSR count). The number of nitrogens with zero attached hydrogens (tertiary/aromatic N) is 2. The van der Waals surface area contributed by atoms with Crippen LogP contribution >= 0.6 is 11.3 Å². The molecule has 0 radical (unpaired) electrons. The summed E-state index contributed by atoms with van der Waals surface area (Å²) < 4.78 is 26.9. The minimum atomic E-state index is -3.42. The lowest BCUT2D eigenvalue weighted by Gasteiger charge is -2.10. The quantitative estimate of drug-likeness (QED) is 0.668. The zero-order chi connectivity index (χ0) is 16.3. The fraction of sp³-hybridized carbons (Fsp3) is 0.200. The van der Waals surface area contributed by atoms with Crippen molar-refractivity contribution in [2.24, 2.45) is 0 Å². The number of fused-ring (bicyclic) bond motifs is 1. The van der Waals surface area contributed by atoms with Crippen LogP contribution in [0.25, 0.3) is 11.0 Å². The van der Waals surface area contributed by atoms with Gasteiger partial charge in [0.15, 0.2) is 0 Å². The molecule has 8 heteroatoms. The third-order valence-electron chi connectivity index (χ3n) is 3.21. The van der Waals surface area contributed by atoms with E-state index in [-0.39, 0.29) is 6.54 Å². The molecule has 0 aliphatic carbocycles. The zero-order valence-electron chi connectivity index (χ0n) is 12.5. The van der Waals surface area contributed by atoms with Gasteiger partial charge in [0.05, 0.1) is 16.7 Å². The maximum absolute atomic E-state index is 12.0. The van der Waals surface area contributed by atoms with Crippen molar-refractivity contribution < 1.29 is 8.42 Å². The van der Waals surface area contributed by atoms with Crippen molar-refractivity contribution in [2.45, 2.75) is 11.1 Å². The summed E-state index contributed by atoms with van der Waals surface area (Å²) in [4.78, 5) is 8.99. The predicted octanol–water partition coefficient (Wildman–Crippen LogP) is 2.39. The van der Waals surface area contributed by atoms with E-state index in [2.05, 4.69) is 20.0 Å². The monoisotopic (exact) mass is 348 g/mol. The number of sulfonamides is 1. The SMILES string of the molecule is Cc1nc2ccccc2nc1NCCNS(=O)(=O)c1cccs1. The molecule has 0 aliphatic heterocycles. The number of aromatic nitrogens is 2. The lowest BCUT2D eigenvalue weighted by Crippen LogP contribution is -2.28. The molecule has 2 heterocycles. The minimum Gasteiger partial charge on any atom is -0.367 e. The largest absolute Gasteiger partial charge is 0.367 e. The first-order valence-corrected chi connectivity index (χ1v) is 9.43. The average Bonchev–Trinajstić information content (AvgIpc) is 3.07. The van der Waals surface area contributed by atoms with Gasteiger partial charge in [-0.3, -0.25) is 0 Å². The van der Waals surface area contributed by atoms with Crippen LogP contribution in [0.1, 0.15) is 5.69 Å². The Morgan fingerprint density at radius 2 is 1.78 bits per heavy atom. The highest BCUT2D eigenvalue weighted by molar-refractivity contribution is 7.91. The molecule has 0 atom stereocenters. The lowest BCUT2D eigenvalue weighted by molar-refractivity contribution is 0.585. The van der Waals surface area contributed by atoms with Crippen molar-refractivity contribution in [2.75, 3.05) is 18.4 Å². The fourth-order valence-corrected chi connectivity index (χ4v) is 4.18. The van der Waals surface area contributed by atoms with Crippen molar-refractivity contribution in [1.29, 1.82) is 0 Å². The third-order valence-corrected chi connectivity index (χ3v) is 6.07. The number of nitrogens with one attached hydrogen (secondary N) is 2. The zero-order valence-corrected chi connectivity index (χ0v) is 14.1.